The molecule has 1 aliphatic heterocycles. The van der Waals surface area contributed by atoms with Crippen molar-refractivity contribution in [1.82, 2.24) is 0 Å². The van der Waals surface area contributed by atoms with E-state index in [1.807, 2.05) is 18.2 Å². The average Bonchev–Trinajstić information content (AvgIpc) is 2.82. The molecule has 5 heteroatoms. The van der Waals surface area contributed by atoms with Gasteiger partial charge in [-0.1, -0.05) is 81.4 Å². The minimum atomic E-state index is -0.196. The van der Waals surface area contributed by atoms with Crippen LogP contribution in [0.3, 0.4) is 0 Å². The molecule has 6 rings (SSSR count). The second-order valence-corrected chi connectivity index (χ2v) is 12.5. The van der Waals surface area contributed by atoms with Gasteiger partial charge in [-0.2, -0.15) is 23.5 Å². The van der Waals surface area contributed by atoms with Gasteiger partial charge in [0.2, 0.25) is 0 Å². The molecule has 0 atom stereocenters. The number of nitro groups is 1. The molecule has 0 radical (unpaired) electrons. The Balaban J connectivity index is 1.54. The fraction of sp³-hybridized carbons (Fsp3) is 0.267. The molecule has 176 valence electrons. The third-order valence-corrected chi connectivity index (χ3v) is 9.23. The molecule has 0 aliphatic carbocycles. The van der Waals surface area contributed by atoms with Crippen LogP contribution in [0.2, 0.25) is 0 Å². The Morgan fingerprint density at radius 2 is 1.23 bits per heavy atom. The molecule has 0 N–H and O–H groups in total. The molecule has 0 spiro atoms. The summed E-state index contributed by atoms with van der Waals surface area (Å²) >= 11 is 3.54. The van der Waals surface area contributed by atoms with Gasteiger partial charge < -0.3 is 0 Å². The van der Waals surface area contributed by atoms with E-state index in [2.05, 4.69) is 63.2 Å². The lowest BCUT2D eigenvalue weighted by Gasteiger charge is -2.23. The first-order valence-corrected chi connectivity index (χ1v) is 14.3. The zero-order valence-electron chi connectivity index (χ0n) is 20.2. The molecule has 4 bridgehead atoms. The largest absolute Gasteiger partial charge is 0.277 e. The number of nitro benzene ring substituents is 1. The number of fused-ring (bicyclic) bond motifs is 6. The van der Waals surface area contributed by atoms with Gasteiger partial charge in [-0.05, 0) is 54.4 Å². The fourth-order valence-corrected chi connectivity index (χ4v) is 7.42. The zero-order chi connectivity index (χ0) is 24.3. The highest BCUT2D eigenvalue weighted by molar-refractivity contribution is 7.98. The summed E-state index contributed by atoms with van der Waals surface area (Å²) in [5, 5.41) is 19.8. The van der Waals surface area contributed by atoms with Gasteiger partial charge in [-0.15, -0.1) is 0 Å². The SMILES string of the molecule is CC(C)(C)c1cc2ccc3c4cc(c5ccc(c1)c2c35)CSCc1cccc(c1[N+](=O)[O-])CSC4. The summed E-state index contributed by atoms with van der Waals surface area (Å²) in [7, 11) is 0. The minimum Gasteiger partial charge on any atom is -0.258 e. The lowest BCUT2D eigenvalue weighted by Crippen LogP contribution is -2.10. The van der Waals surface area contributed by atoms with Crippen LogP contribution < -0.4 is 0 Å². The number of para-hydroxylation sites is 1. The quantitative estimate of drug-likeness (QED) is 0.132. The second-order valence-electron chi connectivity index (χ2n) is 10.5. The Bertz CT molecular complexity index is 1520. The van der Waals surface area contributed by atoms with Crippen LogP contribution in [0.4, 0.5) is 5.69 Å². The lowest BCUT2D eigenvalue weighted by molar-refractivity contribution is -0.386. The van der Waals surface area contributed by atoms with E-state index in [0.717, 1.165) is 22.6 Å². The van der Waals surface area contributed by atoms with Crippen molar-refractivity contribution in [3.8, 4) is 0 Å². The zero-order valence-corrected chi connectivity index (χ0v) is 21.8. The molecule has 35 heavy (non-hydrogen) atoms. The van der Waals surface area contributed by atoms with E-state index in [1.165, 1.54) is 49.0 Å². The van der Waals surface area contributed by atoms with Crippen LogP contribution in [0.15, 0.2) is 60.7 Å². The van der Waals surface area contributed by atoms with Crippen molar-refractivity contribution in [2.45, 2.75) is 49.2 Å². The van der Waals surface area contributed by atoms with Gasteiger partial charge in [0.1, 0.15) is 0 Å². The lowest BCUT2D eigenvalue weighted by atomic mass is 9.82. The van der Waals surface area contributed by atoms with Crippen molar-refractivity contribution in [2.24, 2.45) is 0 Å². The van der Waals surface area contributed by atoms with Crippen molar-refractivity contribution in [2.75, 3.05) is 0 Å². The Morgan fingerprint density at radius 1 is 0.714 bits per heavy atom. The summed E-state index contributed by atoms with van der Waals surface area (Å²) in [6.45, 7) is 6.82. The molecule has 0 unspecified atom stereocenters. The first kappa shape index (κ1) is 22.7. The molecule has 5 aromatic carbocycles. The maximum atomic E-state index is 11.9. The van der Waals surface area contributed by atoms with Gasteiger partial charge >= 0.3 is 0 Å². The van der Waals surface area contributed by atoms with Crippen LogP contribution in [-0.2, 0) is 28.4 Å². The summed E-state index contributed by atoms with van der Waals surface area (Å²) in [5.41, 5.74) is 6.06. The average molecular weight is 498 g/mol. The normalized spacial score (nSPS) is 14.8. The van der Waals surface area contributed by atoms with Crippen LogP contribution in [-0.4, -0.2) is 4.92 Å². The Hall–Kier alpha value is -2.76. The van der Waals surface area contributed by atoms with Crippen LogP contribution in [0.25, 0.3) is 32.3 Å². The van der Waals surface area contributed by atoms with Crippen molar-refractivity contribution in [3.63, 3.8) is 0 Å². The van der Waals surface area contributed by atoms with E-state index in [9.17, 15) is 10.1 Å². The van der Waals surface area contributed by atoms with E-state index in [0.29, 0.717) is 17.2 Å². The van der Waals surface area contributed by atoms with Crippen molar-refractivity contribution >= 4 is 61.5 Å². The number of hydrogen-bond donors (Lipinski definition) is 0. The maximum Gasteiger partial charge on any atom is 0.277 e. The van der Waals surface area contributed by atoms with Crippen molar-refractivity contribution < 1.29 is 4.92 Å². The fourth-order valence-electron chi connectivity index (χ4n) is 5.39. The molecule has 0 amide bonds. The smallest absolute Gasteiger partial charge is 0.258 e. The minimum absolute atomic E-state index is 0.0975. The Labute approximate surface area is 213 Å². The molecular formula is C30H27NO2S2. The molecule has 0 saturated carbocycles. The van der Waals surface area contributed by atoms with Crippen LogP contribution in [0.1, 0.15) is 48.6 Å². The van der Waals surface area contributed by atoms with E-state index in [1.54, 1.807) is 23.5 Å². The second kappa shape index (κ2) is 8.42. The number of benzene rings is 5. The molecule has 1 heterocycles. The first-order chi connectivity index (χ1) is 16.8. The van der Waals surface area contributed by atoms with Gasteiger partial charge in [-0.3, -0.25) is 10.1 Å². The van der Waals surface area contributed by atoms with Crippen LogP contribution in [0.5, 0.6) is 0 Å². The monoisotopic (exact) mass is 497 g/mol. The number of thioether (sulfide) groups is 2. The van der Waals surface area contributed by atoms with Crippen LogP contribution in [0, 0.1) is 10.1 Å². The number of hydrogen-bond acceptors (Lipinski definition) is 4. The molecule has 0 fully saturated rings. The Morgan fingerprint density at radius 3 is 1.71 bits per heavy atom. The first-order valence-electron chi connectivity index (χ1n) is 12.0. The predicted octanol–water partition coefficient (Wildman–Crippen LogP) is 8.97. The highest BCUT2D eigenvalue weighted by Gasteiger charge is 2.22. The molecule has 0 saturated heterocycles. The van der Waals surface area contributed by atoms with Gasteiger partial charge in [0.15, 0.2) is 0 Å². The van der Waals surface area contributed by atoms with E-state index in [4.69, 9.17) is 0 Å². The summed E-state index contributed by atoms with van der Waals surface area (Å²) < 4.78 is 0. The van der Waals surface area contributed by atoms with E-state index in [-0.39, 0.29) is 10.3 Å². The maximum absolute atomic E-state index is 11.9. The molecule has 1 aliphatic rings. The molecule has 3 nitrogen and oxygen atoms in total. The Kier molecular flexibility index (Phi) is 5.46. The van der Waals surface area contributed by atoms with E-state index >= 15 is 0 Å². The van der Waals surface area contributed by atoms with E-state index < -0.39 is 0 Å². The highest BCUT2D eigenvalue weighted by atomic mass is 32.2. The highest BCUT2D eigenvalue weighted by Crippen LogP contribution is 2.42. The van der Waals surface area contributed by atoms with Gasteiger partial charge in [0, 0.05) is 34.1 Å². The topological polar surface area (TPSA) is 43.1 Å². The molecule has 5 aromatic rings. The van der Waals surface area contributed by atoms with Crippen molar-refractivity contribution in [3.05, 3.63) is 98.6 Å². The summed E-state index contributed by atoms with van der Waals surface area (Å²) in [4.78, 5) is 11.7. The summed E-state index contributed by atoms with van der Waals surface area (Å²) in [6.07, 6.45) is 0. The third-order valence-electron chi connectivity index (χ3n) is 7.17. The predicted molar refractivity (Wildman–Crippen MR) is 152 cm³/mol. The van der Waals surface area contributed by atoms with Crippen LogP contribution >= 0.6 is 23.5 Å². The van der Waals surface area contributed by atoms with Gasteiger partial charge in [0.25, 0.3) is 5.69 Å². The van der Waals surface area contributed by atoms with Crippen molar-refractivity contribution in [1.29, 1.82) is 0 Å². The third kappa shape index (κ3) is 3.85. The molecular weight excluding hydrogens is 470 g/mol. The number of nitrogens with zero attached hydrogens (tertiary/aromatic N) is 1. The van der Waals surface area contributed by atoms with Gasteiger partial charge in [-0.25, -0.2) is 0 Å². The summed E-state index contributed by atoms with van der Waals surface area (Å²) in [5.74, 6) is 2.95. The standard InChI is InChI=1S/C30H27NO2S2/c1-30(2,3)24-12-18-7-9-25-22-11-23(26-10-8-19(13-24)27(18)28(25)26)17-35-15-21-6-4-5-20(14-34-16-22)29(21)31(32)33/h4-13H,14-17H2,1-3H3. The van der Waals surface area contributed by atoms with Gasteiger partial charge in [0.05, 0.1) is 4.92 Å². The summed E-state index contributed by atoms with van der Waals surface area (Å²) in [6, 6.07) is 22.0. The molecule has 0 aromatic heterocycles. The number of rotatable bonds is 1.